The number of carbonyl (C=O) groups is 1. The van der Waals surface area contributed by atoms with Crippen LogP contribution in [0.15, 0.2) is 35.2 Å². The molecule has 0 bridgehead atoms. The van der Waals surface area contributed by atoms with Gasteiger partial charge in [0.1, 0.15) is 0 Å². The van der Waals surface area contributed by atoms with Crippen molar-refractivity contribution < 1.29 is 4.79 Å². The van der Waals surface area contributed by atoms with Crippen LogP contribution in [0.4, 0.5) is 0 Å². The molecule has 1 atom stereocenters. The largest absolute Gasteiger partial charge is 0.354 e. The monoisotopic (exact) mass is 315 g/mol. The minimum absolute atomic E-state index is 0.0937. The lowest BCUT2D eigenvalue weighted by Crippen LogP contribution is -2.47. The summed E-state index contributed by atoms with van der Waals surface area (Å²) in [6, 6.07) is 8.41. The molecule has 3 rings (SSSR count). The Morgan fingerprint density at radius 3 is 3.00 bits per heavy atom. The van der Waals surface area contributed by atoms with Gasteiger partial charge in [-0.15, -0.1) is 11.3 Å². The minimum atomic E-state index is -0.0937. The minimum Gasteiger partial charge on any atom is -0.354 e. The SMILES string of the molecule is C[C@@H](C(=O)NCCc1cscn1)N1CCc2ccccc2C1. The molecule has 1 aromatic heterocycles. The lowest BCUT2D eigenvalue weighted by Gasteiger charge is -2.32. The molecule has 0 fully saturated rings. The van der Waals surface area contributed by atoms with E-state index in [1.165, 1.54) is 11.1 Å². The molecule has 2 aromatic rings. The summed E-state index contributed by atoms with van der Waals surface area (Å²) < 4.78 is 0. The van der Waals surface area contributed by atoms with E-state index in [1.54, 1.807) is 11.3 Å². The van der Waals surface area contributed by atoms with Crippen LogP contribution < -0.4 is 5.32 Å². The second kappa shape index (κ2) is 7.03. The van der Waals surface area contributed by atoms with Crippen LogP contribution in [0.2, 0.25) is 0 Å². The molecule has 2 heterocycles. The zero-order valence-corrected chi connectivity index (χ0v) is 13.6. The molecule has 5 heteroatoms. The maximum Gasteiger partial charge on any atom is 0.237 e. The molecule has 1 aliphatic heterocycles. The summed E-state index contributed by atoms with van der Waals surface area (Å²) in [5.41, 5.74) is 5.63. The molecule has 116 valence electrons. The third-order valence-corrected chi connectivity index (χ3v) is 4.89. The first-order valence-corrected chi connectivity index (χ1v) is 8.64. The molecule has 0 aliphatic carbocycles. The summed E-state index contributed by atoms with van der Waals surface area (Å²) in [6.45, 7) is 4.44. The van der Waals surface area contributed by atoms with Gasteiger partial charge >= 0.3 is 0 Å². The maximum atomic E-state index is 12.3. The second-order valence-corrected chi connectivity index (χ2v) is 6.40. The van der Waals surface area contributed by atoms with Crippen molar-refractivity contribution in [3.63, 3.8) is 0 Å². The van der Waals surface area contributed by atoms with Gasteiger partial charge < -0.3 is 5.32 Å². The Morgan fingerprint density at radius 1 is 1.41 bits per heavy atom. The van der Waals surface area contributed by atoms with E-state index in [2.05, 4.69) is 39.5 Å². The van der Waals surface area contributed by atoms with E-state index < -0.39 is 0 Å². The number of aromatic nitrogens is 1. The first-order chi connectivity index (χ1) is 10.7. The molecule has 0 radical (unpaired) electrons. The first kappa shape index (κ1) is 15.2. The van der Waals surface area contributed by atoms with Crippen LogP contribution in [0, 0.1) is 0 Å². The summed E-state index contributed by atoms with van der Waals surface area (Å²) in [6.07, 6.45) is 1.82. The molecule has 0 saturated carbocycles. The standard InChI is InChI=1S/C17H21N3OS/c1-13(17(21)18-8-6-16-11-22-12-19-16)20-9-7-14-4-2-3-5-15(14)10-20/h2-5,11-13H,6-10H2,1H3,(H,18,21)/t13-/m0/s1. The highest BCUT2D eigenvalue weighted by Crippen LogP contribution is 2.20. The van der Waals surface area contributed by atoms with Crippen LogP contribution in [0.3, 0.4) is 0 Å². The van der Waals surface area contributed by atoms with Gasteiger partial charge in [-0.3, -0.25) is 9.69 Å². The van der Waals surface area contributed by atoms with Crippen molar-refractivity contribution in [2.24, 2.45) is 0 Å². The van der Waals surface area contributed by atoms with E-state index in [0.717, 1.165) is 31.6 Å². The lowest BCUT2D eigenvalue weighted by atomic mass is 9.99. The van der Waals surface area contributed by atoms with Crippen LogP contribution in [-0.4, -0.2) is 34.9 Å². The van der Waals surface area contributed by atoms with Crippen molar-refractivity contribution in [1.29, 1.82) is 0 Å². The first-order valence-electron chi connectivity index (χ1n) is 7.69. The summed E-state index contributed by atoms with van der Waals surface area (Å²) in [4.78, 5) is 18.8. The van der Waals surface area contributed by atoms with E-state index in [-0.39, 0.29) is 11.9 Å². The molecule has 0 spiro atoms. The zero-order chi connectivity index (χ0) is 15.4. The molecule has 0 unspecified atom stereocenters. The normalized spacial score (nSPS) is 16.0. The third kappa shape index (κ3) is 3.54. The van der Waals surface area contributed by atoms with Gasteiger partial charge in [-0.2, -0.15) is 0 Å². The van der Waals surface area contributed by atoms with Gasteiger partial charge in [-0.05, 0) is 24.5 Å². The number of fused-ring (bicyclic) bond motifs is 1. The Hall–Kier alpha value is -1.72. The van der Waals surface area contributed by atoms with Gasteiger partial charge in [0, 0.05) is 31.4 Å². The molecule has 22 heavy (non-hydrogen) atoms. The fourth-order valence-corrected chi connectivity index (χ4v) is 3.43. The molecule has 4 nitrogen and oxygen atoms in total. The Labute approximate surface area is 135 Å². The average Bonchev–Trinajstić information content (AvgIpc) is 3.07. The maximum absolute atomic E-state index is 12.3. The lowest BCUT2D eigenvalue weighted by molar-refractivity contribution is -0.126. The van der Waals surface area contributed by atoms with Crippen molar-refractivity contribution in [2.45, 2.75) is 32.4 Å². The fourth-order valence-electron chi connectivity index (χ4n) is 2.84. The smallest absolute Gasteiger partial charge is 0.237 e. The van der Waals surface area contributed by atoms with Crippen molar-refractivity contribution in [2.75, 3.05) is 13.1 Å². The highest BCUT2D eigenvalue weighted by atomic mass is 32.1. The number of carbonyl (C=O) groups excluding carboxylic acids is 1. The topological polar surface area (TPSA) is 45.2 Å². The summed E-state index contributed by atoms with van der Waals surface area (Å²) in [5, 5.41) is 5.05. The van der Waals surface area contributed by atoms with Crippen LogP contribution >= 0.6 is 11.3 Å². The second-order valence-electron chi connectivity index (χ2n) is 5.69. The van der Waals surface area contributed by atoms with Crippen molar-refractivity contribution in [3.05, 3.63) is 52.0 Å². The number of hydrogen-bond acceptors (Lipinski definition) is 4. The number of nitrogens with zero attached hydrogens (tertiary/aromatic N) is 2. The van der Waals surface area contributed by atoms with Crippen LogP contribution in [0.1, 0.15) is 23.7 Å². The van der Waals surface area contributed by atoms with E-state index >= 15 is 0 Å². The zero-order valence-electron chi connectivity index (χ0n) is 12.8. The van der Waals surface area contributed by atoms with E-state index in [9.17, 15) is 4.79 Å². The highest BCUT2D eigenvalue weighted by Gasteiger charge is 2.24. The molecule has 1 aliphatic rings. The Kier molecular flexibility index (Phi) is 4.85. The molecular formula is C17H21N3OS. The summed E-state index contributed by atoms with van der Waals surface area (Å²) in [5.74, 6) is 0.106. The molecular weight excluding hydrogens is 294 g/mol. The van der Waals surface area contributed by atoms with Gasteiger partial charge in [0.25, 0.3) is 0 Å². The van der Waals surface area contributed by atoms with E-state index in [0.29, 0.717) is 6.54 Å². The number of hydrogen-bond donors (Lipinski definition) is 1. The predicted octanol–water partition coefficient (Wildman–Crippen LogP) is 2.25. The number of thiazole rings is 1. The third-order valence-electron chi connectivity index (χ3n) is 4.25. The van der Waals surface area contributed by atoms with Gasteiger partial charge in [0.15, 0.2) is 0 Å². The Morgan fingerprint density at radius 2 is 2.23 bits per heavy atom. The predicted molar refractivity (Wildman–Crippen MR) is 88.8 cm³/mol. The van der Waals surface area contributed by atoms with Gasteiger partial charge in [-0.25, -0.2) is 4.98 Å². The van der Waals surface area contributed by atoms with E-state index in [1.807, 2.05) is 17.8 Å². The van der Waals surface area contributed by atoms with Crippen LogP contribution in [0.25, 0.3) is 0 Å². The van der Waals surface area contributed by atoms with Crippen LogP contribution in [0.5, 0.6) is 0 Å². The van der Waals surface area contributed by atoms with Gasteiger partial charge in [0.05, 0.1) is 17.2 Å². The highest BCUT2D eigenvalue weighted by molar-refractivity contribution is 7.07. The Balaban J connectivity index is 1.51. The van der Waals surface area contributed by atoms with Crippen molar-refractivity contribution >= 4 is 17.2 Å². The molecule has 1 aromatic carbocycles. The average molecular weight is 315 g/mol. The van der Waals surface area contributed by atoms with Crippen molar-refractivity contribution in [1.82, 2.24) is 15.2 Å². The summed E-state index contributed by atoms with van der Waals surface area (Å²) in [7, 11) is 0. The number of rotatable bonds is 5. The number of amides is 1. The molecule has 1 N–H and O–H groups in total. The van der Waals surface area contributed by atoms with Crippen LogP contribution in [-0.2, 0) is 24.2 Å². The molecule has 0 saturated heterocycles. The number of nitrogens with one attached hydrogen (secondary N) is 1. The summed E-state index contributed by atoms with van der Waals surface area (Å²) >= 11 is 1.59. The fraction of sp³-hybridized carbons (Fsp3) is 0.412. The Bertz CT molecular complexity index is 627. The van der Waals surface area contributed by atoms with Crippen molar-refractivity contribution in [3.8, 4) is 0 Å². The van der Waals surface area contributed by atoms with E-state index in [4.69, 9.17) is 0 Å². The quantitative estimate of drug-likeness (QED) is 0.920. The van der Waals surface area contributed by atoms with Gasteiger partial charge in [-0.1, -0.05) is 24.3 Å². The molecule has 1 amide bonds. The number of benzene rings is 1. The van der Waals surface area contributed by atoms with Gasteiger partial charge in [0.2, 0.25) is 5.91 Å².